The Morgan fingerprint density at radius 1 is 0.909 bits per heavy atom. The van der Waals surface area contributed by atoms with Crippen LogP contribution in [0.3, 0.4) is 0 Å². The van der Waals surface area contributed by atoms with Crippen molar-refractivity contribution in [2.24, 2.45) is 0 Å². The summed E-state index contributed by atoms with van der Waals surface area (Å²) in [7, 11) is 0. The normalized spacial score (nSPS) is 13.6. The Morgan fingerprint density at radius 2 is 1.36 bits per heavy atom. The van der Waals surface area contributed by atoms with E-state index < -0.39 is 11.6 Å². The number of hydrazine groups is 2. The Morgan fingerprint density at radius 3 is 1.82 bits per heavy atom. The van der Waals surface area contributed by atoms with Crippen molar-refractivity contribution in [1.29, 1.82) is 0 Å². The lowest BCUT2D eigenvalue weighted by Gasteiger charge is -1.96. The van der Waals surface area contributed by atoms with Crippen molar-refractivity contribution in [2.45, 2.75) is 0 Å². The molecular weight excluding hydrogens is 152 g/mol. The predicted octanol–water partition coefficient (Wildman–Crippen LogP) is 1.22. The minimum atomic E-state index is -0.859. The van der Waals surface area contributed by atoms with Gasteiger partial charge >= 0.3 is 0 Å². The summed E-state index contributed by atoms with van der Waals surface area (Å²) in [6.07, 6.45) is 0. The van der Waals surface area contributed by atoms with Gasteiger partial charge in [-0.1, -0.05) is 0 Å². The lowest BCUT2D eigenvalue weighted by molar-refractivity contribution is 0.510. The highest BCUT2D eigenvalue weighted by Crippen LogP contribution is 2.26. The quantitative estimate of drug-likeness (QED) is 0.530. The second kappa shape index (κ2) is 2.06. The summed E-state index contributed by atoms with van der Waals surface area (Å²) in [5.74, 6) is -1.72. The molecule has 1 aliphatic heterocycles. The molecule has 3 nitrogen and oxygen atoms in total. The monoisotopic (exact) mass is 157 g/mol. The predicted molar refractivity (Wildman–Crippen MR) is 36.7 cm³/mol. The van der Waals surface area contributed by atoms with Gasteiger partial charge in [-0.2, -0.15) is 0 Å². The van der Waals surface area contributed by atoms with Gasteiger partial charge in [-0.25, -0.2) is 8.78 Å². The smallest absolute Gasteiger partial charge is 0.161 e. The molecule has 1 aromatic rings. The van der Waals surface area contributed by atoms with Crippen LogP contribution in [0.2, 0.25) is 0 Å². The summed E-state index contributed by atoms with van der Waals surface area (Å²) in [6, 6.07) is 2.16. The molecule has 5 heteroatoms. The minimum absolute atomic E-state index is 0.504. The fourth-order valence-electron chi connectivity index (χ4n) is 0.920. The molecule has 0 bridgehead atoms. The first-order valence-corrected chi connectivity index (χ1v) is 3.03. The van der Waals surface area contributed by atoms with Gasteiger partial charge in [0.15, 0.2) is 11.6 Å². The Bertz CT molecular complexity index is 271. The molecule has 2 rings (SSSR count). The van der Waals surface area contributed by atoms with Gasteiger partial charge in [0.2, 0.25) is 0 Å². The van der Waals surface area contributed by atoms with Gasteiger partial charge in [0.25, 0.3) is 0 Å². The highest BCUT2D eigenvalue weighted by molar-refractivity contribution is 5.71. The van der Waals surface area contributed by atoms with E-state index in [1.807, 2.05) is 0 Å². The van der Waals surface area contributed by atoms with Crippen LogP contribution in [0.15, 0.2) is 12.1 Å². The molecule has 1 aromatic carbocycles. The molecule has 58 valence electrons. The lowest BCUT2D eigenvalue weighted by atomic mass is 10.2. The van der Waals surface area contributed by atoms with Crippen LogP contribution in [-0.4, -0.2) is 0 Å². The molecule has 0 aliphatic carbocycles. The molecule has 0 radical (unpaired) electrons. The van der Waals surface area contributed by atoms with E-state index in [2.05, 4.69) is 16.4 Å². The Kier molecular flexibility index (Phi) is 1.19. The average molecular weight is 157 g/mol. The van der Waals surface area contributed by atoms with Gasteiger partial charge in [-0.05, 0) is 0 Å². The van der Waals surface area contributed by atoms with Gasteiger partial charge < -0.3 is 10.9 Å². The van der Waals surface area contributed by atoms with Crippen LogP contribution in [-0.2, 0) is 0 Å². The maximum atomic E-state index is 12.5. The summed E-state index contributed by atoms with van der Waals surface area (Å²) in [6.45, 7) is 0. The molecule has 0 spiro atoms. The third kappa shape index (κ3) is 0.894. The number of nitrogens with one attached hydrogen (secondary N) is 3. The Labute approximate surface area is 61.3 Å². The third-order valence-electron chi connectivity index (χ3n) is 1.45. The highest BCUT2D eigenvalue weighted by atomic mass is 19.2. The number of fused-ring (bicyclic) bond motifs is 1. The molecule has 3 N–H and O–H groups in total. The third-order valence-corrected chi connectivity index (χ3v) is 1.45. The summed E-state index contributed by atoms with van der Waals surface area (Å²) in [4.78, 5) is 0. The lowest BCUT2D eigenvalue weighted by Crippen LogP contribution is -2.19. The van der Waals surface area contributed by atoms with Crippen molar-refractivity contribution in [3.8, 4) is 0 Å². The van der Waals surface area contributed by atoms with E-state index in [0.717, 1.165) is 12.1 Å². The Hall–Kier alpha value is -1.36. The van der Waals surface area contributed by atoms with E-state index in [4.69, 9.17) is 0 Å². The number of hydrogen-bond donors (Lipinski definition) is 3. The number of benzene rings is 1. The van der Waals surface area contributed by atoms with Gasteiger partial charge in [0, 0.05) is 12.1 Å². The molecule has 0 saturated carbocycles. The first-order chi connectivity index (χ1) is 5.27. The zero-order valence-electron chi connectivity index (χ0n) is 5.41. The second-order valence-electron chi connectivity index (χ2n) is 2.19. The summed E-state index contributed by atoms with van der Waals surface area (Å²) >= 11 is 0. The topological polar surface area (TPSA) is 36.1 Å². The minimum Gasteiger partial charge on any atom is -0.302 e. The molecule has 0 atom stereocenters. The van der Waals surface area contributed by atoms with Crippen LogP contribution in [0.5, 0.6) is 0 Å². The SMILES string of the molecule is Fc1cc2c(cc1F)NNN2. The molecule has 0 aromatic heterocycles. The summed E-state index contributed by atoms with van der Waals surface area (Å²) < 4.78 is 25.0. The van der Waals surface area contributed by atoms with E-state index in [1.54, 1.807) is 0 Å². The van der Waals surface area contributed by atoms with Crippen molar-refractivity contribution in [3.05, 3.63) is 23.8 Å². The van der Waals surface area contributed by atoms with E-state index >= 15 is 0 Å². The highest BCUT2D eigenvalue weighted by Gasteiger charge is 2.12. The van der Waals surface area contributed by atoms with Gasteiger partial charge in [0.1, 0.15) is 0 Å². The van der Waals surface area contributed by atoms with E-state index in [1.165, 1.54) is 0 Å². The second-order valence-corrected chi connectivity index (χ2v) is 2.19. The van der Waals surface area contributed by atoms with Crippen molar-refractivity contribution in [1.82, 2.24) is 5.53 Å². The number of halogens is 2. The van der Waals surface area contributed by atoms with E-state index in [0.29, 0.717) is 11.4 Å². The number of rotatable bonds is 0. The molecule has 1 aliphatic rings. The first kappa shape index (κ1) is 6.36. The molecule has 0 saturated heterocycles. The van der Waals surface area contributed by atoms with E-state index in [-0.39, 0.29) is 0 Å². The fourth-order valence-corrected chi connectivity index (χ4v) is 0.920. The average Bonchev–Trinajstić information content (AvgIpc) is 2.36. The Balaban J connectivity index is 2.57. The van der Waals surface area contributed by atoms with Gasteiger partial charge in [-0.3, -0.25) is 0 Å². The molecule has 11 heavy (non-hydrogen) atoms. The molecule has 1 heterocycles. The van der Waals surface area contributed by atoms with Crippen LogP contribution in [0.1, 0.15) is 0 Å². The summed E-state index contributed by atoms with van der Waals surface area (Å²) in [5.41, 5.74) is 8.72. The van der Waals surface area contributed by atoms with Crippen molar-refractivity contribution in [2.75, 3.05) is 10.9 Å². The molecule has 0 amide bonds. The van der Waals surface area contributed by atoms with Crippen LogP contribution in [0.4, 0.5) is 20.2 Å². The number of anilines is 2. The van der Waals surface area contributed by atoms with Crippen LogP contribution in [0.25, 0.3) is 0 Å². The van der Waals surface area contributed by atoms with Crippen LogP contribution >= 0.6 is 0 Å². The maximum absolute atomic E-state index is 12.5. The van der Waals surface area contributed by atoms with Crippen LogP contribution < -0.4 is 16.4 Å². The molecular formula is C6H5F2N3. The van der Waals surface area contributed by atoms with Crippen molar-refractivity contribution in [3.63, 3.8) is 0 Å². The largest absolute Gasteiger partial charge is 0.302 e. The van der Waals surface area contributed by atoms with Crippen molar-refractivity contribution >= 4 is 11.4 Å². The fraction of sp³-hybridized carbons (Fsp3) is 0. The zero-order chi connectivity index (χ0) is 7.84. The summed E-state index contributed by atoms with van der Waals surface area (Å²) in [5, 5.41) is 0. The van der Waals surface area contributed by atoms with Gasteiger partial charge in [0.05, 0.1) is 11.4 Å². The van der Waals surface area contributed by atoms with E-state index in [9.17, 15) is 8.78 Å². The zero-order valence-corrected chi connectivity index (χ0v) is 5.41. The molecule has 0 unspecified atom stereocenters. The molecule has 0 fully saturated rings. The first-order valence-electron chi connectivity index (χ1n) is 3.03. The van der Waals surface area contributed by atoms with Crippen molar-refractivity contribution < 1.29 is 8.78 Å². The number of hydrogen-bond acceptors (Lipinski definition) is 3. The standard InChI is InChI=1S/C6H5F2N3/c7-3-1-5-6(2-4(3)8)10-11-9-5/h1-2,9-11H. The van der Waals surface area contributed by atoms with Crippen LogP contribution in [0, 0.1) is 11.6 Å². The van der Waals surface area contributed by atoms with Gasteiger partial charge in [-0.15, -0.1) is 5.53 Å². The maximum Gasteiger partial charge on any atom is 0.161 e.